The first-order valence-electron chi connectivity index (χ1n) is 8.04. The normalized spacial score (nSPS) is 11.0. The topological polar surface area (TPSA) is 0 Å². The van der Waals surface area contributed by atoms with Crippen LogP contribution >= 0.6 is 34.1 Å². The molecule has 0 N–H and O–H groups in total. The number of hydrogen-bond acceptors (Lipinski definition) is 0. The van der Waals surface area contributed by atoms with Crippen molar-refractivity contribution in [2.75, 3.05) is 6.16 Å². The molecule has 0 amide bonds. The third-order valence-corrected chi connectivity index (χ3v) is 9.63. The van der Waals surface area contributed by atoms with Crippen LogP contribution in [0.2, 0.25) is 0 Å². The molecule has 128 valence electrons. The van der Waals surface area contributed by atoms with E-state index in [1.54, 1.807) is 0 Å². The van der Waals surface area contributed by atoms with Gasteiger partial charge in [0.25, 0.3) is 0 Å². The van der Waals surface area contributed by atoms with E-state index < -0.39 is 7.26 Å². The summed E-state index contributed by atoms with van der Waals surface area (Å²) in [6, 6.07) is 33.4. The Balaban J connectivity index is 0.00000144. The maximum atomic E-state index is 2.32. The molecule has 0 aliphatic carbocycles. The van der Waals surface area contributed by atoms with E-state index in [-0.39, 0.29) is 26.9 Å². The van der Waals surface area contributed by atoms with Crippen LogP contribution in [0.1, 0.15) is 13.3 Å². The maximum absolute atomic E-state index is 2.32. The van der Waals surface area contributed by atoms with E-state index in [0.717, 1.165) is 0 Å². The van der Waals surface area contributed by atoms with Crippen LogP contribution in [-0.2, 0) is 0 Å². The van der Waals surface area contributed by atoms with Crippen molar-refractivity contribution >= 4 is 50.1 Å². The number of rotatable bonds is 5. The van der Waals surface area contributed by atoms with Crippen LogP contribution in [0.5, 0.6) is 0 Å². The molecule has 3 aromatic carbocycles. The van der Waals surface area contributed by atoms with E-state index in [0.29, 0.717) is 0 Å². The van der Waals surface area contributed by atoms with Gasteiger partial charge in [0, 0.05) is 0 Å². The minimum absolute atomic E-state index is 0. The summed E-state index contributed by atoms with van der Waals surface area (Å²) in [5.74, 6) is 0. The van der Waals surface area contributed by atoms with Crippen molar-refractivity contribution < 1.29 is 0 Å². The maximum Gasteiger partial charge on any atom is -0.153 e. The first-order valence-corrected chi connectivity index (χ1v) is 10.2. The molecule has 0 spiro atoms. The summed E-state index contributed by atoms with van der Waals surface area (Å²) < 4.78 is 0. The van der Waals surface area contributed by atoms with Crippen LogP contribution in [0.25, 0.3) is 0 Å². The third-order valence-electron chi connectivity index (χ3n) is 4.42. The molecule has 0 saturated carbocycles. The average molecular weight is 421 g/mol. The molecule has 24 heavy (non-hydrogen) atoms. The SMILES string of the molecule is Br.CCC[PH](c1ccccc1)(c1ccccc1)c1ccccc1.P. The molecule has 0 nitrogen and oxygen atoms in total. The number of halogens is 1. The molecule has 0 aromatic heterocycles. The zero-order valence-electron chi connectivity index (χ0n) is 14.2. The van der Waals surface area contributed by atoms with E-state index in [9.17, 15) is 0 Å². The van der Waals surface area contributed by atoms with Crippen LogP contribution in [0.4, 0.5) is 0 Å². The molecule has 3 heteroatoms. The Kier molecular flexibility index (Phi) is 8.85. The smallest absolute Gasteiger partial charge is 0.153 e. The third kappa shape index (κ3) is 4.15. The Bertz CT molecular complexity index is 603. The molecule has 3 rings (SSSR count). The van der Waals surface area contributed by atoms with Crippen molar-refractivity contribution in [3.05, 3.63) is 91.0 Å². The second-order valence-electron chi connectivity index (χ2n) is 5.75. The van der Waals surface area contributed by atoms with E-state index in [1.807, 2.05) is 0 Å². The zero-order chi connectivity index (χ0) is 15.3. The molecule has 0 radical (unpaired) electrons. The Labute approximate surface area is 160 Å². The van der Waals surface area contributed by atoms with Crippen molar-refractivity contribution in [2.45, 2.75) is 13.3 Å². The van der Waals surface area contributed by atoms with Crippen LogP contribution in [-0.4, -0.2) is 6.16 Å². The first kappa shape index (κ1) is 21.0. The van der Waals surface area contributed by atoms with Crippen LogP contribution in [0.3, 0.4) is 0 Å². The fourth-order valence-corrected chi connectivity index (χ4v) is 8.38. The number of hydrogen-bond donors (Lipinski definition) is 0. The van der Waals surface area contributed by atoms with Crippen molar-refractivity contribution in [3.8, 4) is 0 Å². The summed E-state index contributed by atoms with van der Waals surface area (Å²) in [5.41, 5.74) is 0. The largest absolute Gasteiger partial charge is 0.153 e. The summed E-state index contributed by atoms with van der Waals surface area (Å²) in [6.45, 7) is 2.30. The van der Waals surface area contributed by atoms with Gasteiger partial charge in [0.2, 0.25) is 0 Å². The van der Waals surface area contributed by atoms with E-state index >= 15 is 0 Å². The molecular weight excluding hydrogens is 394 g/mol. The molecule has 3 aromatic rings. The second kappa shape index (κ2) is 10.1. The van der Waals surface area contributed by atoms with Crippen molar-refractivity contribution in [3.63, 3.8) is 0 Å². The Hall–Kier alpha value is -1.000. The Morgan fingerprint density at radius 2 is 0.875 bits per heavy atom. The zero-order valence-corrected chi connectivity index (χ0v) is 18.3. The van der Waals surface area contributed by atoms with E-state index in [1.165, 1.54) is 28.5 Å². The molecular formula is C21H27BrP2. The molecule has 0 fully saturated rings. The van der Waals surface area contributed by atoms with Crippen molar-refractivity contribution in [2.24, 2.45) is 0 Å². The van der Waals surface area contributed by atoms with Gasteiger partial charge in [0.05, 0.1) is 0 Å². The fourth-order valence-electron chi connectivity index (χ4n) is 3.48. The van der Waals surface area contributed by atoms with Gasteiger partial charge in [-0.05, 0) is 0 Å². The van der Waals surface area contributed by atoms with Gasteiger partial charge in [0.15, 0.2) is 0 Å². The fraction of sp³-hybridized carbons (Fsp3) is 0.143. The average Bonchev–Trinajstić information content (AvgIpc) is 2.62. The van der Waals surface area contributed by atoms with Crippen LogP contribution in [0, 0.1) is 0 Å². The molecule has 0 aliphatic heterocycles. The van der Waals surface area contributed by atoms with Gasteiger partial charge >= 0.3 is 134 Å². The van der Waals surface area contributed by atoms with Gasteiger partial charge in [0.1, 0.15) is 0 Å². The van der Waals surface area contributed by atoms with Gasteiger partial charge in [-0.25, -0.2) is 0 Å². The molecule has 0 aliphatic rings. The standard InChI is InChI=1S/C21H23P.BrH.H3P/c1-2-18-22(19-12-6-3-7-13-19,20-14-8-4-9-15-20)21-16-10-5-11-17-21;;/h3-17,22H,2,18H2,1H3;1H;1H3. The van der Waals surface area contributed by atoms with E-state index in [4.69, 9.17) is 0 Å². The van der Waals surface area contributed by atoms with Gasteiger partial charge < -0.3 is 0 Å². The van der Waals surface area contributed by atoms with Gasteiger partial charge in [-0.2, -0.15) is 9.90 Å². The quantitative estimate of drug-likeness (QED) is 0.522. The molecule has 0 bridgehead atoms. The molecule has 0 saturated heterocycles. The monoisotopic (exact) mass is 420 g/mol. The number of benzene rings is 3. The predicted molar refractivity (Wildman–Crippen MR) is 123 cm³/mol. The van der Waals surface area contributed by atoms with Crippen LogP contribution in [0.15, 0.2) is 91.0 Å². The summed E-state index contributed by atoms with van der Waals surface area (Å²) in [7, 11) is -1.92. The van der Waals surface area contributed by atoms with Crippen molar-refractivity contribution in [1.29, 1.82) is 0 Å². The van der Waals surface area contributed by atoms with Gasteiger partial charge in [-0.3, -0.25) is 0 Å². The predicted octanol–water partition coefficient (Wildman–Crippen LogP) is 4.76. The first-order chi connectivity index (χ1) is 10.9. The summed E-state index contributed by atoms with van der Waals surface area (Å²) in [5, 5.41) is 4.53. The minimum atomic E-state index is -1.92. The van der Waals surface area contributed by atoms with Crippen LogP contribution < -0.4 is 15.9 Å². The minimum Gasteiger partial charge on any atom is -0.153 e. The summed E-state index contributed by atoms with van der Waals surface area (Å²) >= 11 is 0. The van der Waals surface area contributed by atoms with E-state index in [2.05, 4.69) is 97.9 Å². The van der Waals surface area contributed by atoms with Gasteiger partial charge in [-0.1, -0.05) is 0 Å². The Morgan fingerprint density at radius 1 is 0.583 bits per heavy atom. The summed E-state index contributed by atoms with van der Waals surface area (Å²) in [4.78, 5) is 0. The second-order valence-corrected chi connectivity index (χ2v) is 9.80. The van der Waals surface area contributed by atoms with Crippen molar-refractivity contribution in [1.82, 2.24) is 0 Å². The molecule has 1 atom stereocenters. The van der Waals surface area contributed by atoms with Gasteiger partial charge in [-0.15, -0.1) is 17.0 Å². The summed E-state index contributed by atoms with van der Waals surface area (Å²) in [6.07, 6.45) is 2.44. The Morgan fingerprint density at radius 3 is 1.12 bits per heavy atom. The molecule has 0 heterocycles. The molecule has 1 unspecified atom stereocenters.